The van der Waals surface area contributed by atoms with Crippen LogP contribution in [0.2, 0.25) is 0 Å². The van der Waals surface area contributed by atoms with Gasteiger partial charge in [-0.3, -0.25) is 9.59 Å². The van der Waals surface area contributed by atoms with Gasteiger partial charge < -0.3 is 15.0 Å². The molecule has 2 atom stereocenters. The van der Waals surface area contributed by atoms with E-state index in [1.807, 2.05) is 99.6 Å². The van der Waals surface area contributed by atoms with Crippen molar-refractivity contribution in [2.45, 2.75) is 58.7 Å². The van der Waals surface area contributed by atoms with E-state index in [4.69, 9.17) is 4.74 Å². The van der Waals surface area contributed by atoms with Crippen LogP contribution in [-0.4, -0.2) is 35.9 Å². The van der Waals surface area contributed by atoms with E-state index in [0.717, 1.165) is 34.4 Å². The molecule has 5 heteroatoms. The molecule has 0 aliphatic carbocycles. The van der Waals surface area contributed by atoms with Crippen molar-refractivity contribution in [1.29, 1.82) is 0 Å². The molecule has 3 aromatic carbocycles. The predicted molar refractivity (Wildman–Crippen MR) is 140 cm³/mol. The molecule has 1 N–H and O–H groups in total. The molecule has 0 radical (unpaired) electrons. The Kier molecular flexibility index (Phi) is 9.47. The summed E-state index contributed by atoms with van der Waals surface area (Å²) >= 11 is 0. The van der Waals surface area contributed by atoms with Gasteiger partial charge in [-0.15, -0.1) is 0 Å². The molecule has 0 aliphatic rings. The van der Waals surface area contributed by atoms with E-state index in [2.05, 4.69) is 5.32 Å². The first-order valence-electron chi connectivity index (χ1n) is 12.2. The Balaban J connectivity index is 1.97. The van der Waals surface area contributed by atoms with Crippen LogP contribution >= 0.6 is 0 Å². The number of rotatable bonds is 11. The molecule has 2 amide bonds. The molecule has 0 heterocycles. The van der Waals surface area contributed by atoms with E-state index in [1.54, 1.807) is 12.0 Å². The van der Waals surface area contributed by atoms with Gasteiger partial charge >= 0.3 is 0 Å². The molecule has 0 fully saturated rings. The summed E-state index contributed by atoms with van der Waals surface area (Å²) in [6.07, 6.45) is 1.47. The Bertz CT molecular complexity index is 1100. The van der Waals surface area contributed by atoms with Crippen LogP contribution in [0.5, 0.6) is 5.75 Å². The van der Waals surface area contributed by atoms with Gasteiger partial charge in [0.1, 0.15) is 11.8 Å². The Morgan fingerprint density at radius 2 is 1.57 bits per heavy atom. The van der Waals surface area contributed by atoms with Gasteiger partial charge in [-0.1, -0.05) is 73.7 Å². The topological polar surface area (TPSA) is 58.6 Å². The SMILES string of the molecule is CC[C@H](C)NC(=O)[C@H](Cc1ccccc1)N(Cc1ccccc1C)C(=O)Cc1ccc(OC)cc1. The second kappa shape index (κ2) is 12.7. The van der Waals surface area contributed by atoms with Crippen LogP contribution in [-0.2, 0) is 29.0 Å². The average Bonchev–Trinajstić information content (AvgIpc) is 2.88. The number of amides is 2. The molecule has 3 rings (SSSR count). The fourth-order valence-corrected chi connectivity index (χ4v) is 3.99. The second-order valence-corrected chi connectivity index (χ2v) is 9.00. The maximum absolute atomic E-state index is 13.8. The summed E-state index contributed by atoms with van der Waals surface area (Å²) in [5.41, 5.74) is 4.02. The van der Waals surface area contributed by atoms with Crippen LogP contribution in [0.4, 0.5) is 0 Å². The molecule has 0 saturated heterocycles. The highest BCUT2D eigenvalue weighted by Gasteiger charge is 2.31. The molecule has 0 saturated carbocycles. The number of carbonyl (C=O) groups excluding carboxylic acids is 2. The summed E-state index contributed by atoms with van der Waals surface area (Å²) in [6.45, 7) is 6.43. The Labute approximate surface area is 209 Å². The van der Waals surface area contributed by atoms with Gasteiger partial charge in [-0.2, -0.15) is 0 Å². The zero-order chi connectivity index (χ0) is 25.2. The number of methoxy groups -OCH3 is 1. The third-order valence-corrected chi connectivity index (χ3v) is 6.39. The highest BCUT2D eigenvalue weighted by Crippen LogP contribution is 2.19. The first kappa shape index (κ1) is 26.0. The zero-order valence-corrected chi connectivity index (χ0v) is 21.2. The van der Waals surface area contributed by atoms with Gasteiger partial charge in [0, 0.05) is 19.0 Å². The minimum atomic E-state index is -0.628. The molecule has 3 aromatic rings. The van der Waals surface area contributed by atoms with Gasteiger partial charge in [0.15, 0.2) is 0 Å². The molecular weight excluding hydrogens is 436 g/mol. The minimum Gasteiger partial charge on any atom is -0.497 e. The predicted octanol–water partition coefficient (Wildman–Crippen LogP) is 5.10. The van der Waals surface area contributed by atoms with Crippen molar-refractivity contribution in [1.82, 2.24) is 10.2 Å². The number of aryl methyl sites for hydroxylation is 1. The number of nitrogens with zero attached hydrogens (tertiary/aromatic N) is 1. The average molecular weight is 473 g/mol. The van der Waals surface area contributed by atoms with Crippen LogP contribution < -0.4 is 10.1 Å². The summed E-state index contributed by atoms with van der Waals surface area (Å²) in [4.78, 5) is 29.1. The van der Waals surface area contributed by atoms with Crippen LogP contribution in [0.15, 0.2) is 78.9 Å². The normalized spacial score (nSPS) is 12.5. The Morgan fingerprint density at radius 1 is 0.914 bits per heavy atom. The van der Waals surface area contributed by atoms with Crippen LogP contribution in [0, 0.1) is 6.92 Å². The molecule has 0 aromatic heterocycles. The smallest absolute Gasteiger partial charge is 0.243 e. The quantitative estimate of drug-likeness (QED) is 0.422. The highest BCUT2D eigenvalue weighted by molar-refractivity contribution is 5.89. The number of nitrogens with one attached hydrogen (secondary N) is 1. The van der Waals surface area contributed by atoms with E-state index >= 15 is 0 Å². The number of hydrogen-bond acceptors (Lipinski definition) is 3. The van der Waals surface area contributed by atoms with Gasteiger partial charge in [0.2, 0.25) is 11.8 Å². The maximum Gasteiger partial charge on any atom is 0.243 e. The third kappa shape index (κ3) is 7.44. The first-order valence-corrected chi connectivity index (χ1v) is 12.2. The lowest BCUT2D eigenvalue weighted by molar-refractivity contribution is -0.141. The summed E-state index contributed by atoms with van der Waals surface area (Å²) in [6, 6.07) is 24.8. The van der Waals surface area contributed by atoms with Crippen LogP contribution in [0.25, 0.3) is 0 Å². The van der Waals surface area contributed by atoms with Crippen molar-refractivity contribution in [3.05, 3.63) is 101 Å². The summed E-state index contributed by atoms with van der Waals surface area (Å²) in [5.74, 6) is 0.534. The number of carbonyl (C=O) groups is 2. The van der Waals surface area contributed by atoms with Gasteiger partial charge in [0.05, 0.1) is 13.5 Å². The number of ether oxygens (including phenoxy) is 1. The first-order chi connectivity index (χ1) is 16.9. The molecule has 5 nitrogen and oxygen atoms in total. The largest absolute Gasteiger partial charge is 0.497 e. The van der Waals surface area contributed by atoms with Gasteiger partial charge in [-0.05, 0) is 54.7 Å². The monoisotopic (exact) mass is 472 g/mol. The number of hydrogen-bond donors (Lipinski definition) is 1. The molecule has 35 heavy (non-hydrogen) atoms. The Morgan fingerprint density at radius 3 is 2.20 bits per heavy atom. The lowest BCUT2D eigenvalue weighted by Gasteiger charge is -2.33. The zero-order valence-electron chi connectivity index (χ0n) is 21.2. The minimum absolute atomic E-state index is 0.0257. The molecule has 0 aliphatic heterocycles. The lowest BCUT2D eigenvalue weighted by atomic mass is 10.00. The third-order valence-electron chi connectivity index (χ3n) is 6.39. The fraction of sp³-hybridized carbons (Fsp3) is 0.333. The highest BCUT2D eigenvalue weighted by atomic mass is 16.5. The summed E-state index contributed by atoms with van der Waals surface area (Å²) in [5, 5.41) is 3.12. The van der Waals surface area contributed by atoms with Crippen molar-refractivity contribution >= 4 is 11.8 Å². The lowest BCUT2D eigenvalue weighted by Crippen LogP contribution is -2.52. The second-order valence-electron chi connectivity index (χ2n) is 9.00. The molecule has 0 spiro atoms. The van der Waals surface area contributed by atoms with Crippen molar-refractivity contribution in [3.8, 4) is 5.75 Å². The van der Waals surface area contributed by atoms with E-state index in [1.165, 1.54) is 0 Å². The van der Waals surface area contributed by atoms with Gasteiger partial charge in [-0.25, -0.2) is 0 Å². The van der Waals surface area contributed by atoms with E-state index in [-0.39, 0.29) is 24.3 Å². The maximum atomic E-state index is 13.8. The van der Waals surface area contributed by atoms with Crippen molar-refractivity contribution < 1.29 is 14.3 Å². The standard InChI is InChI=1S/C30H36N2O3/c1-5-23(3)31-30(34)28(19-24-12-7-6-8-13-24)32(21-26-14-10-9-11-22(26)2)29(33)20-25-15-17-27(35-4)18-16-25/h6-18,23,28H,5,19-21H2,1-4H3,(H,31,34)/t23-,28-/m0/s1. The van der Waals surface area contributed by atoms with Crippen molar-refractivity contribution in [2.75, 3.05) is 7.11 Å². The van der Waals surface area contributed by atoms with Gasteiger partial charge in [0.25, 0.3) is 0 Å². The molecule has 184 valence electrons. The van der Waals surface area contributed by atoms with Crippen LogP contribution in [0.3, 0.4) is 0 Å². The molecule has 0 bridgehead atoms. The van der Waals surface area contributed by atoms with E-state index in [9.17, 15) is 9.59 Å². The molecular formula is C30H36N2O3. The van der Waals surface area contributed by atoms with Crippen molar-refractivity contribution in [3.63, 3.8) is 0 Å². The molecule has 0 unspecified atom stereocenters. The number of benzene rings is 3. The van der Waals surface area contributed by atoms with Crippen molar-refractivity contribution in [2.24, 2.45) is 0 Å². The van der Waals surface area contributed by atoms with Crippen LogP contribution in [0.1, 0.15) is 42.5 Å². The Hall–Kier alpha value is -3.60. The fourth-order valence-electron chi connectivity index (χ4n) is 3.99. The summed E-state index contributed by atoms with van der Waals surface area (Å²) < 4.78 is 5.25. The van der Waals surface area contributed by atoms with E-state index in [0.29, 0.717) is 13.0 Å². The summed E-state index contributed by atoms with van der Waals surface area (Å²) in [7, 11) is 1.62. The van der Waals surface area contributed by atoms with E-state index < -0.39 is 6.04 Å².